The molecule has 0 aliphatic carbocycles. The molecule has 9 heteroatoms. The molecule has 2 heterocycles. The fourth-order valence-corrected chi connectivity index (χ4v) is 4.82. The Morgan fingerprint density at radius 3 is 2.68 bits per heavy atom. The first kappa shape index (κ1) is 23.9. The molecule has 0 unspecified atom stereocenters. The largest absolute Gasteiger partial charge is 0.493 e. The number of aromatic amines is 1. The number of nitrogens with zero attached hydrogens (tertiary/aromatic N) is 1. The Labute approximate surface area is 203 Å². The van der Waals surface area contributed by atoms with E-state index in [1.807, 2.05) is 42.2 Å². The molecule has 0 saturated carbocycles. The van der Waals surface area contributed by atoms with Gasteiger partial charge in [-0.2, -0.15) is 0 Å². The van der Waals surface area contributed by atoms with Crippen LogP contribution in [0.15, 0.2) is 36.4 Å². The SMILES string of the molecule is COC(=O)[C@@H]1C[C@H](NC(=O)c2[nH]c3ccc(Cl)cc3c2C)CN1Cc1cccc(OC)c1OC. The second-order valence-corrected chi connectivity index (χ2v) is 8.78. The normalized spacial score (nSPS) is 18.1. The minimum absolute atomic E-state index is 0.223. The monoisotopic (exact) mass is 485 g/mol. The van der Waals surface area contributed by atoms with Crippen LogP contribution < -0.4 is 14.8 Å². The van der Waals surface area contributed by atoms with E-state index in [2.05, 4.69) is 10.3 Å². The first-order chi connectivity index (χ1) is 16.4. The zero-order valence-corrected chi connectivity index (χ0v) is 20.4. The van der Waals surface area contributed by atoms with Gasteiger partial charge in [0.15, 0.2) is 11.5 Å². The molecule has 1 saturated heterocycles. The molecule has 1 fully saturated rings. The molecule has 0 spiro atoms. The maximum atomic E-state index is 13.1. The Morgan fingerprint density at radius 2 is 1.97 bits per heavy atom. The van der Waals surface area contributed by atoms with Crippen molar-refractivity contribution in [1.82, 2.24) is 15.2 Å². The Balaban J connectivity index is 1.54. The predicted octanol–water partition coefficient (Wildman–Crippen LogP) is 3.69. The number of fused-ring (bicyclic) bond motifs is 1. The highest BCUT2D eigenvalue weighted by atomic mass is 35.5. The van der Waals surface area contributed by atoms with E-state index >= 15 is 0 Å². The molecule has 0 radical (unpaired) electrons. The number of carbonyl (C=O) groups excluding carboxylic acids is 2. The number of ether oxygens (including phenoxy) is 3. The van der Waals surface area contributed by atoms with Gasteiger partial charge in [-0.1, -0.05) is 23.7 Å². The molecule has 2 N–H and O–H groups in total. The lowest BCUT2D eigenvalue weighted by Crippen LogP contribution is -2.38. The number of H-pyrrole nitrogens is 1. The quantitative estimate of drug-likeness (QED) is 0.496. The molecule has 1 aliphatic rings. The fraction of sp³-hybridized carbons (Fsp3) is 0.360. The van der Waals surface area contributed by atoms with E-state index < -0.39 is 6.04 Å². The number of amides is 1. The molecular weight excluding hydrogens is 458 g/mol. The van der Waals surface area contributed by atoms with Crippen LogP contribution in [0, 0.1) is 6.92 Å². The van der Waals surface area contributed by atoms with Gasteiger partial charge in [0.25, 0.3) is 5.91 Å². The molecule has 4 rings (SSSR count). The van der Waals surface area contributed by atoms with Crippen LogP contribution in [0.25, 0.3) is 10.9 Å². The molecule has 180 valence electrons. The third kappa shape index (κ3) is 4.56. The van der Waals surface area contributed by atoms with Gasteiger partial charge in [-0.3, -0.25) is 14.5 Å². The third-order valence-electron chi connectivity index (χ3n) is 6.32. The van der Waals surface area contributed by atoms with Crippen molar-refractivity contribution in [2.45, 2.75) is 32.0 Å². The van der Waals surface area contributed by atoms with Crippen molar-refractivity contribution < 1.29 is 23.8 Å². The lowest BCUT2D eigenvalue weighted by molar-refractivity contribution is -0.146. The van der Waals surface area contributed by atoms with Gasteiger partial charge in [0.05, 0.1) is 21.3 Å². The van der Waals surface area contributed by atoms with Gasteiger partial charge in [-0.25, -0.2) is 0 Å². The Hall–Kier alpha value is -3.23. The molecule has 2 aromatic carbocycles. The molecular formula is C25H28ClN3O5. The van der Waals surface area contributed by atoms with E-state index in [1.165, 1.54) is 7.11 Å². The second-order valence-electron chi connectivity index (χ2n) is 8.34. The molecule has 34 heavy (non-hydrogen) atoms. The van der Waals surface area contributed by atoms with Gasteiger partial charge in [0.1, 0.15) is 11.7 Å². The van der Waals surface area contributed by atoms with Gasteiger partial charge in [-0.05, 0) is 43.2 Å². The van der Waals surface area contributed by atoms with Crippen LogP contribution in [-0.4, -0.2) is 61.7 Å². The number of para-hydroxylation sites is 1. The third-order valence-corrected chi connectivity index (χ3v) is 6.55. The van der Waals surface area contributed by atoms with Crippen molar-refractivity contribution in [2.75, 3.05) is 27.9 Å². The van der Waals surface area contributed by atoms with Gasteiger partial charge in [0, 0.05) is 40.6 Å². The van der Waals surface area contributed by atoms with Crippen molar-refractivity contribution in [3.8, 4) is 11.5 Å². The molecule has 1 aliphatic heterocycles. The van der Waals surface area contributed by atoms with E-state index in [4.69, 9.17) is 25.8 Å². The van der Waals surface area contributed by atoms with E-state index in [0.717, 1.165) is 22.0 Å². The summed E-state index contributed by atoms with van der Waals surface area (Å²) < 4.78 is 16.0. The minimum atomic E-state index is -0.492. The molecule has 8 nitrogen and oxygen atoms in total. The minimum Gasteiger partial charge on any atom is -0.493 e. The maximum Gasteiger partial charge on any atom is 0.323 e. The number of aryl methyl sites for hydroxylation is 1. The number of halogens is 1. The summed E-state index contributed by atoms with van der Waals surface area (Å²) in [6.07, 6.45) is 0.440. The van der Waals surface area contributed by atoms with Crippen LogP contribution in [0.1, 0.15) is 28.0 Å². The molecule has 1 aromatic heterocycles. The van der Waals surface area contributed by atoms with E-state index in [9.17, 15) is 9.59 Å². The number of aromatic nitrogens is 1. The van der Waals surface area contributed by atoms with E-state index in [-0.39, 0.29) is 17.9 Å². The standard InChI is InChI=1S/C25H28ClN3O5/c1-14-18-10-16(26)8-9-19(18)28-22(14)24(30)27-17-11-20(25(31)34-4)29(13-17)12-15-6-5-7-21(32-2)23(15)33-3/h5-10,17,20,28H,11-13H2,1-4H3,(H,27,30)/t17-,20-/m0/s1. The van der Waals surface area contributed by atoms with Crippen LogP contribution in [0.3, 0.4) is 0 Å². The highest BCUT2D eigenvalue weighted by Gasteiger charge is 2.39. The Kier molecular flexibility index (Phi) is 7.00. The van der Waals surface area contributed by atoms with Gasteiger partial charge in [0.2, 0.25) is 0 Å². The second kappa shape index (κ2) is 9.95. The number of esters is 1. The van der Waals surface area contributed by atoms with Crippen LogP contribution in [0.4, 0.5) is 0 Å². The summed E-state index contributed by atoms with van der Waals surface area (Å²) in [5.41, 5.74) is 3.04. The van der Waals surface area contributed by atoms with Gasteiger partial charge in [-0.15, -0.1) is 0 Å². The van der Waals surface area contributed by atoms with Crippen molar-refractivity contribution >= 4 is 34.4 Å². The van der Waals surface area contributed by atoms with Crippen molar-refractivity contribution in [3.63, 3.8) is 0 Å². The number of methoxy groups -OCH3 is 3. The van der Waals surface area contributed by atoms with Crippen molar-refractivity contribution in [1.29, 1.82) is 0 Å². The first-order valence-electron chi connectivity index (χ1n) is 11.0. The topological polar surface area (TPSA) is 92.9 Å². The summed E-state index contributed by atoms with van der Waals surface area (Å²) in [6.45, 7) is 2.81. The number of rotatable bonds is 7. The highest BCUT2D eigenvalue weighted by Crippen LogP contribution is 2.33. The summed E-state index contributed by atoms with van der Waals surface area (Å²) in [5, 5.41) is 4.60. The maximum absolute atomic E-state index is 13.1. The summed E-state index contributed by atoms with van der Waals surface area (Å²) in [5.74, 6) is 0.677. The Morgan fingerprint density at radius 1 is 1.18 bits per heavy atom. The van der Waals surface area contributed by atoms with Gasteiger partial charge >= 0.3 is 5.97 Å². The number of hydrogen-bond donors (Lipinski definition) is 2. The summed E-state index contributed by atoms with van der Waals surface area (Å²) in [4.78, 5) is 30.8. The molecule has 1 amide bonds. The Bertz CT molecular complexity index is 1220. The average molecular weight is 486 g/mol. The van der Waals surface area contributed by atoms with Crippen molar-refractivity contribution in [3.05, 3.63) is 58.2 Å². The van der Waals surface area contributed by atoms with Crippen LogP contribution in [0.2, 0.25) is 5.02 Å². The number of hydrogen-bond acceptors (Lipinski definition) is 6. The lowest BCUT2D eigenvalue weighted by Gasteiger charge is -2.23. The zero-order valence-electron chi connectivity index (χ0n) is 19.6. The average Bonchev–Trinajstić information content (AvgIpc) is 3.38. The van der Waals surface area contributed by atoms with Crippen LogP contribution in [0.5, 0.6) is 11.5 Å². The van der Waals surface area contributed by atoms with Crippen LogP contribution >= 0.6 is 11.6 Å². The number of benzene rings is 2. The number of nitrogens with one attached hydrogen (secondary N) is 2. The van der Waals surface area contributed by atoms with E-state index in [1.54, 1.807) is 20.3 Å². The zero-order chi connectivity index (χ0) is 24.4. The summed E-state index contributed by atoms with van der Waals surface area (Å²) >= 11 is 6.12. The summed E-state index contributed by atoms with van der Waals surface area (Å²) in [7, 11) is 4.54. The summed E-state index contributed by atoms with van der Waals surface area (Å²) in [6, 6.07) is 10.4. The smallest absolute Gasteiger partial charge is 0.323 e. The number of carbonyl (C=O) groups is 2. The van der Waals surface area contributed by atoms with Crippen LogP contribution in [-0.2, 0) is 16.1 Å². The lowest BCUT2D eigenvalue weighted by atomic mass is 10.1. The predicted molar refractivity (Wildman–Crippen MR) is 130 cm³/mol. The molecule has 3 aromatic rings. The molecule has 2 atom stereocenters. The number of likely N-dealkylation sites (tertiary alicyclic amines) is 1. The van der Waals surface area contributed by atoms with E-state index in [0.29, 0.717) is 41.7 Å². The first-order valence-corrected chi connectivity index (χ1v) is 11.3. The highest BCUT2D eigenvalue weighted by molar-refractivity contribution is 6.31. The molecule has 0 bridgehead atoms. The van der Waals surface area contributed by atoms with Crippen molar-refractivity contribution in [2.24, 2.45) is 0 Å². The fourth-order valence-electron chi connectivity index (χ4n) is 4.64. The van der Waals surface area contributed by atoms with Gasteiger partial charge < -0.3 is 24.5 Å².